The number of rotatable bonds is 2. The van der Waals surface area contributed by atoms with Gasteiger partial charge >= 0.3 is 5.97 Å². The van der Waals surface area contributed by atoms with E-state index in [1.165, 1.54) is 6.92 Å². The Morgan fingerprint density at radius 1 is 1.50 bits per heavy atom. The van der Waals surface area contributed by atoms with Gasteiger partial charge in [0, 0.05) is 18.9 Å². The van der Waals surface area contributed by atoms with E-state index in [0.717, 1.165) is 16.9 Å². The fourth-order valence-corrected chi connectivity index (χ4v) is 2.22. The molecule has 0 N–H and O–H groups in total. The van der Waals surface area contributed by atoms with Crippen LogP contribution in [0.15, 0.2) is 30.4 Å². The quantitative estimate of drug-likeness (QED) is 0.593. The largest absolute Gasteiger partial charge is 0.486 e. The molecule has 2 rings (SSSR count). The summed E-state index contributed by atoms with van der Waals surface area (Å²) >= 11 is 0. The fourth-order valence-electron chi connectivity index (χ4n) is 2.22. The van der Waals surface area contributed by atoms with Crippen molar-refractivity contribution in [3.05, 3.63) is 41.5 Å². The minimum absolute atomic E-state index is 0.0328. The highest BCUT2D eigenvalue weighted by Gasteiger charge is 2.29. The molecule has 0 unspecified atom stereocenters. The van der Waals surface area contributed by atoms with Crippen molar-refractivity contribution in [2.75, 3.05) is 0 Å². The molecule has 1 aromatic carbocycles. The molecule has 1 aromatic rings. The zero-order chi connectivity index (χ0) is 13.1. The van der Waals surface area contributed by atoms with Gasteiger partial charge in [0.2, 0.25) is 0 Å². The molecule has 0 bridgehead atoms. The van der Waals surface area contributed by atoms with Gasteiger partial charge in [-0.2, -0.15) is 0 Å². The fraction of sp³-hybridized carbons (Fsp3) is 0.400. The first-order chi connectivity index (χ1) is 8.60. The van der Waals surface area contributed by atoms with Crippen LogP contribution in [0.3, 0.4) is 0 Å². The molecule has 18 heavy (non-hydrogen) atoms. The SMILES string of the molecule is CC=C[C@@H]1C[C@H](OC(C)=O)c2cc(C)ccc2O1. The average molecular weight is 246 g/mol. The van der Waals surface area contributed by atoms with Crippen LogP contribution in [0.5, 0.6) is 5.75 Å². The Hall–Kier alpha value is -1.77. The number of carbonyl (C=O) groups excluding carboxylic acids is 1. The highest BCUT2D eigenvalue weighted by molar-refractivity contribution is 5.66. The zero-order valence-electron chi connectivity index (χ0n) is 11.0. The van der Waals surface area contributed by atoms with E-state index in [9.17, 15) is 4.79 Å². The van der Waals surface area contributed by atoms with Crippen molar-refractivity contribution < 1.29 is 14.3 Å². The van der Waals surface area contributed by atoms with Crippen LogP contribution >= 0.6 is 0 Å². The number of hydrogen-bond acceptors (Lipinski definition) is 3. The molecule has 1 aliphatic heterocycles. The molecule has 0 saturated carbocycles. The molecule has 2 atom stereocenters. The Morgan fingerprint density at radius 3 is 2.94 bits per heavy atom. The lowest BCUT2D eigenvalue weighted by atomic mass is 9.97. The summed E-state index contributed by atoms with van der Waals surface area (Å²) in [6.07, 6.45) is 4.36. The van der Waals surface area contributed by atoms with Gasteiger partial charge in [0.25, 0.3) is 0 Å². The average Bonchev–Trinajstić information content (AvgIpc) is 2.30. The molecule has 1 aliphatic rings. The Kier molecular flexibility index (Phi) is 3.70. The highest BCUT2D eigenvalue weighted by Crippen LogP contribution is 2.38. The van der Waals surface area contributed by atoms with E-state index >= 15 is 0 Å². The predicted octanol–water partition coefficient (Wildman–Crippen LogP) is 3.33. The lowest BCUT2D eigenvalue weighted by Crippen LogP contribution is -2.26. The summed E-state index contributed by atoms with van der Waals surface area (Å²) in [6, 6.07) is 5.97. The van der Waals surface area contributed by atoms with E-state index in [2.05, 4.69) is 0 Å². The monoisotopic (exact) mass is 246 g/mol. The normalized spacial score (nSPS) is 22.4. The molecule has 96 valence electrons. The lowest BCUT2D eigenvalue weighted by Gasteiger charge is -2.30. The Balaban J connectivity index is 2.34. The zero-order valence-corrected chi connectivity index (χ0v) is 11.0. The van der Waals surface area contributed by atoms with Gasteiger partial charge in [0.15, 0.2) is 0 Å². The van der Waals surface area contributed by atoms with Gasteiger partial charge in [-0.15, -0.1) is 0 Å². The van der Waals surface area contributed by atoms with E-state index in [1.54, 1.807) is 0 Å². The molecule has 0 aromatic heterocycles. The minimum atomic E-state index is -0.256. The van der Waals surface area contributed by atoms with Gasteiger partial charge in [0.1, 0.15) is 18.0 Å². The summed E-state index contributed by atoms with van der Waals surface area (Å²) < 4.78 is 11.3. The molecule has 3 heteroatoms. The van der Waals surface area contributed by atoms with Crippen LogP contribution in [0.1, 0.15) is 37.5 Å². The second-order valence-corrected chi connectivity index (χ2v) is 4.56. The van der Waals surface area contributed by atoms with E-state index < -0.39 is 0 Å². The summed E-state index contributed by atoms with van der Waals surface area (Å²) in [5.41, 5.74) is 2.10. The van der Waals surface area contributed by atoms with Crippen LogP contribution in [0.4, 0.5) is 0 Å². The van der Waals surface area contributed by atoms with Gasteiger partial charge in [-0.05, 0) is 32.1 Å². The summed E-state index contributed by atoms with van der Waals surface area (Å²) in [7, 11) is 0. The summed E-state index contributed by atoms with van der Waals surface area (Å²) in [5.74, 6) is 0.551. The molecule has 1 heterocycles. The van der Waals surface area contributed by atoms with Crippen molar-refractivity contribution in [1.82, 2.24) is 0 Å². The van der Waals surface area contributed by atoms with Gasteiger partial charge in [-0.1, -0.05) is 17.7 Å². The van der Waals surface area contributed by atoms with Crippen molar-refractivity contribution >= 4 is 5.97 Å². The lowest BCUT2D eigenvalue weighted by molar-refractivity contribution is -0.148. The van der Waals surface area contributed by atoms with E-state index in [1.807, 2.05) is 44.2 Å². The van der Waals surface area contributed by atoms with Crippen LogP contribution in [-0.2, 0) is 9.53 Å². The summed E-state index contributed by atoms with van der Waals surface area (Å²) in [5, 5.41) is 0. The maximum atomic E-state index is 11.2. The molecule has 0 saturated heterocycles. The van der Waals surface area contributed by atoms with Crippen molar-refractivity contribution in [2.24, 2.45) is 0 Å². The Labute approximate surface area is 107 Å². The Bertz CT molecular complexity index is 477. The van der Waals surface area contributed by atoms with Crippen molar-refractivity contribution in [3.8, 4) is 5.75 Å². The molecule has 0 amide bonds. The molecule has 3 nitrogen and oxygen atoms in total. The molecule has 0 aliphatic carbocycles. The second kappa shape index (κ2) is 5.25. The third-order valence-corrected chi connectivity index (χ3v) is 2.95. The number of carbonyl (C=O) groups is 1. The smallest absolute Gasteiger partial charge is 0.303 e. The van der Waals surface area contributed by atoms with Crippen LogP contribution in [0, 0.1) is 6.92 Å². The van der Waals surface area contributed by atoms with Crippen molar-refractivity contribution in [3.63, 3.8) is 0 Å². The number of allylic oxidation sites excluding steroid dienone is 1. The minimum Gasteiger partial charge on any atom is -0.486 e. The van der Waals surface area contributed by atoms with Crippen LogP contribution in [-0.4, -0.2) is 12.1 Å². The number of hydrogen-bond donors (Lipinski definition) is 0. The van der Waals surface area contributed by atoms with Crippen molar-refractivity contribution in [2.45, 2.75) is 39.4 Å². The molecular weight excluding hydrogens is 228 g/mol. The number of fused-ring (bicyclic) bond motifs is 1. The van der Waals surface area contributed by atoms with Gasteiger partial charge in [0.05, 0.1) is 0 Å². The van der Waals surface area contributed by atoms with Crippen LogP contribution in [0.2, 0.25) is 0 Å². The van der Waals surface area contributed by atoms with Crippen molar-refractivity contribution in [1.29, 1.82) is 0 Å². The number of benzene rings is 1. The maximum absolute atomic E-state index is 11.2. The molecule has 0 spiro atoms. The molecule has 0 fully saturated rings. The number of esters is 1. The second-order valence-electron chi connectivity index (χ2n) is 4.56. The van der Waals surface area contributed by atoms with Gasteiger partial charge < -0.3 is 9.47 Å². The maximum Gasteiger partial charge on any atom is 0.303 e. The van der Waals surface area contributed by atoms with E-state index in [0.29, 0.717) is 6.42 Å². The van der Waals surface area contributed by atoms with Gasteiger partial charge in [-0.25, -0.2) is 0 Å². The number of ether oxygens (including phenoxy) is 2. The third-order valence-electron chi connectivity index (χ3n) is 2.95. The first kappa shape index (κ1) is 12.7. The van der Waals surface area contributed by atoms with Crippen LogP contribution in [0.25, 0.3) is 0 Å². The first-order valence-corrected chi connectivity index (χ1v) is 6.17. The first-order valence-electron chi connectivity index (χ1n) is 6.17. The standard InChI is InChI=1S/C15H18O3/c1-4-5-12-9-15(17-11(3)16)13-8-10(2)6-7-14(13)18-12/h4-8,12,15H,9H2,1-3H3/t12-,15+/m1/s1. The topological polar surface area (TPSA) is 35.5 Å². The predicted molar refractivity (Wildman–Crippen MR) is 69.5 cm³/mol. The molecular formula is C15H18O3. The van der Waals surface area contributed by atoms with Gasteiger partial charge in [-0.3, -0.25) is 4.79 Å². The van der Waals surface area contributed by atoms with E-state index in [4.69, 9.17) is 9.47 Å². The summed E-state index contributed by atoms with van der Waals surface area (Å²) in [6.45, 7) is 5.41. The third kappa shape index (κ3) is 2.73. The van der Waals surface area contributed by atoms with E-state index in [-0.39, 0.29) is 18.2 Å². The highest BCUT2D eigenvalue weighted by atomic mass is 16.6. The summed E-state index contributed by atoms with van der Waals surface area (Å²) in [4.78, 5) is 11.2. The van der Waals surface area contributed by atoms with Crippen LogP contribution < -0.4 is 4.74 Å². The number of aryl methyl sites for hydroxylation is 1. The molecule has 0 radical (unpaired) electrons. The Morgan fingerprint density at radius 2 is 2.28 bits per heavy atom.